The van der Waals surface area contributed by atoms with Crippen molar-refractivity contribution < 1.29 is 71.5 Å². The van der Waals surface area contributed by atoms with Crippen LogP contribution >= 0.6 is 0 Å². The number of carbonyl (C=O) groups excluding carboxylic acids is 8. The third kappa shape index (κ3) is 16.7. The summed E-state index contributed by atoms with van der Waals surface area (Å²) in [5.74, 6) is -4.56. The highest BCUT2D eigenvalue weighted by atomic mass is 16.6. The van der Waals surface area contributed by atoms with Gasteiger partial charge in [0.25, 0.3) is 0 Å². The summed E-state index contributed by atoms with van der Waals surface area (Å²) in [6.07, 6.45) is 5.06. The van der Waals surface area contributed by atoms with Crippen molar-refractivity contribution in [3.8, 4) is 0 Å². The smallest absolute Gasteiger partial charge is 0.408 e. The fourth-order valence-electron chi connectivity index (χ4n) is 5.57. The van der Waals surface area contributed by atoms with Gasteiger partial charge in [0.05, 0.1) is 5.41 Å². The maximum Gasteiger partial charge on any atom is 0.408 e. The predicted octanol–water partition coefficient (Wildman–Crippen LogP) is 3.93. The Morgan fingerprint density at radius 2 is 1.04 bits per heavy atom. The highest BCUT2D eigenvalue weighted by Gasteiger charge is 2.47. The molecule has 57 heavy (non-hydrogen) atoms. The van der Waals surface area contributed by atoms with Crippen molar-refractivity contribution in [1.82, 2.24) is 10.6 Å². The highest BCUT2D eigenvalue weighted by molar-refractivity contribution is 5.89. The van der Waals surface area contributed by atoms with Gasteiger partial charge in [-0.15, -0.1) is 0 Å². The Morgan fingerprint density at radius 1 is 0.614 bits per heavy atom. The van der Waals surface area contributed by atoms with E-state index < -0.39 is 90.3 Å². The van der Waals surface area contributed by atoms with E-state index in [1.165, 1.54) is 0 Å². The van der Waals surface area contributed by atoms with Gasteiger partial charge in [-0.3, -0.25) is 4.79 Å². The van der Waals surface area contributed by atoms with E-state index >= 15 is 0 Å². The molecule has 17 heteroatoms. The number of esters is 5. The van der Waals surface area contributed by atoms with E-state index in [0.29, 0.717) is 19.3 Å². The van der Waals surface area contributed by atoms with Gasteiger partial charge in [-0.05, 0) is 42.6 Å². The molecule has 17 nitrogen and oxygen atoms in total. The quantitative estimate of drug-likeness (QED) is 0.0758. The molecule has 1 rings (SSSR count). The zero-order chi connectivity index (χ0) is 43.3. The van der Waals surface area contributed by atoms with Gasteiger partial charge in [-0.2, -0.15) is 0 Å². The van der Waals surface area contributed by atoms with E-state index in [1.807, 2.05) is 20.8 Å². The van der Waals surface area contributed by atoms with Gasteiger partial charge >= 0.3 is 42.0 Å². The first-order chi connectivity index (χ1) is 26.8. The van der Waals surface area contributed by atoms with Gasteiger partial charge in [0, 0.05) is 49.4 Å². The van der Waals surface area contributed by atoms with Crippen LogP contribution in [0.1, 0.15) is 52.9 Å². The SMILES string of the molecule is C=CC(=O)CCC(COC(=O)C=C)(COC(=O)C=C)COC(=O)NC1CCC(C)(CNC(=O)OC(COC(=O)C=C)(COC(=O)C=C)COC(=O)C=C)C(C)(C)C1. The number of ketones is 1. The zero-order valence-electron chi connectivity index (χ0n) is 32.9. The topological polar surface area (TPSA) is 225 Å². The van der Waals surface area contributed by atoms with Gasteiger partial charge in [-0.25, -0.2) is 33.6 Å². The van der Waals surface area contributed by atoms with Crippen molar-refractivity contribution >= 4 is 47.8 Å². The maximum absolute atomic E-state index is 13.3. The summed E-state index contributed by atoms with van der Waals surface area (Å²) < 4.78 is 36.9. The summed E-state index contributed by atoms with van der Waals surface area (Å²) in [5.41, 5.74) is -4.38. The third-order valence-electron chi connectivity index (χ3n) is 9.64. The van der Waals surface area contributed by atoms with Gasteiger partial charge in [-0.1, -0.05) is 60.2 Å². The molecule has 0 aromatic rings. The fourth-order valence-corrected chi connectivity index (χ4v) is 5.57. The second-order valence-corrected chi connectivity index (χ2v) is 14.3. The molecule has 1 aliphatic rings. The molecule has 0 spiro atoms. The first kappa shape index (κ1) is 49.0. The molecule has 2 amide bonds. The number of ether oxygens (including phenoxy) is 7. The van der Waals surface area contributed by atoms with Crippen LogP contribution in [0.2, 0.25) is 0 Å². The molecule has 0 aromatic heterocycles. The summed E-state index contributed by atoms with van der Waals surface area (Å²) in [7, 11) is 0. The Balaban J connectivity index is 3.10. The van der Waals surface area contributed by atoms with Crippen LogP contribution in [0, 0.1) is 16.2 Å². The van der Waals surface area contributed by atoms with Gasteiger partial charge in [0.1, 0.15) is 39.6 Å². The maximum atomic E-state index is 13.3. The first-order valence-corrected chi connectivity index (χ1v) is 17.8. The van der Waals surface area contributed by atoms with Crippen LogP contribution in [-0.2, 0) is 61.9 Å². The monoisotopic (exact) mass is 802 g/mol. The zero-order valence-corrected chi connectivity index (χ0v) is 32.9. The van der Waals surface area contributed by atoms with Crippen molar-refractivity contribution in [3.05, 3.63) is 75.9 Å². The molecule has 1 fully saturated rings. The molecule has 1 aliphatic carbocycles. The average Bonchev–Trinajstić information content (AvgIpc) is 3.20. The number of amides is 2. The van der Waals surface area contributed by atoms with Crippen LogP contribution in [0.25, 0.3) is 0 Å². The number of allylic oxidation sites excluding steroid dienone is 1. The molecule has 0 bridgehead atoms. The normalized spacial score (nSPS) is 17.1. The number of carbonyl (C=O) groups is 8. The Kier molecular flexibility index (Phi) is 19.9. The van der Waals surface area contributed by atoms with E-state index in [2.05, 4.69) is 50.1 Å². The summed E-state index contributed by atoms with van der Waals surface area (Å²) in [6.45, 7) is 22.8. The second kappa shape index (κ2) is 23.2. The molecule has 0 radical (unpaired) electrons. The molecular weight excluding hydrogens is 748 g/mol. The van der Waals surface area contributed by atoms with Crippen molar-refractivity contribution in [3.63, 3.8) is 0 Å². The van der Waals surface area contributed by atoms with Crippen LogP contribution in [0.15, 0.2) is 75.9 Å². The Hall–Kier alpha value is -6.00. The lowest BCUT2D eigenvalue weighted by atomic mass is 9.57. The third-order valence-corrected chi connectivity index (χ3v) is 9.64. The lowest BCUT2D eigenvalue weighted by Gasteiger charge is -2.50. The van der Waals surface area contributed by atoms with Gasteiger partial charge in [0.2, 0.25) is 5.60 Å². The second-order valence-electron chi connectivity index (χ2n) is 14.3. The van der Waals surface area contributed by atoms with E-state index in [0.717, 1.165) is 36.5 Å². The number of rotatable bonds is 25. The van der Waals surface area contributed by atoms with Crippen LogP contribution in [-0.4, -0.2) is 106 Å². The largest absolute Gasteiger partial charge is 0.462 e. The van der Waals surface area contributed by atoms with Gasteiger partial charge in [0.15, 0.2) is 5.78 Å². The Labute approximate surface area is 332 Å². The molecule has 314 valence electrons. The fraction of sp³-hybridized carbons (Fsp3) is 0.500. The molecular formula is C40H54N2O15. The molecule has 2 atom stereocenters. The van der Waals surface area contributed by atoms with E-state index in [-0.39, 0.29) is 44.4 Å². The number of alkyl carbamates (subject to hydrolysis) is 2. The Bertz CT molecular complexity index is 1450. The molecule has 1 saturated carbocycles. The molecule has 2 N–H and O–H groups in total. The molecule has 2 unspecified atom stereocenters. The number of nitrogens with one attached hydrogen (secondary N) is 2. The Morgan fingerprint density at radius 3 is 1.44 bits per heavy atom. The summed E-state index contributed by atoms with van der Waals surface area (Å²) in [4.78, 5) is 98.1. The number of hydrogen-bond acceptors (Lipinski definition) is 15. The minimum absolute atomic E-state index is 0.00522. The molecule has 0 heterocycles. The summed E-state index contributed by atoms with van der Waals surface area (Å²) in [5, 5.41) is 5.55. The predicted molar refractivity (Wildman–Crippen MR) is 204 cm³/mol. The standard InChI is InChI=1S/C40H54N2O15/c1-10-29(43)17-19-39(22-51-30(44)11-2,23-52-31(45)12-3)24-56-36(50)42-28-16-18-38(9,37(7,8)20-28)21-41-35(49)57-40(25-53-32(46)13-4,26-54-33(47)14-5)27-55-34(48)15-6/h10-15,28H,1-6,16-27H2,7-9H3,(H,41,49)(H,42,50). The van der Waals surface area contributed by atoms with Crippen LogP contribution in [0.3, 0.4) is 0 Å². The lowest BCUT2D eigenvalue weighted by Crippen LogP contribution is -2.55. The first-order valence-electron chi connectivity index (χ1n) is 17.8. The summed E-state index contributed by atoms with van der Waals surface area (Å²) >= 11 is 0. The van der Waals surface area contributed by atoms with Crippen LogP contribution in [0.4, 0.5) is 9.59 Å². The summed E-state index contributed by atoms with van der Waals surface area (Å²) in [6, 6.07) is -0.382. The van der Waals surface area contributed by atoms with Crippen LogP contribution < -0.4 is 10.6 Å². The van der Waals surface area contributed by atoms with Crippen molar-refractivity contribution in [1.29, 1.82) is 0 Å². The lowest BCUT2D eigenvalue weighted by molar-refractivity contribution is -0.170. The highest BCUT2D eigenvalue weighted by Crippen LogP contribution is 2.49. The van der Waals surface area contributed by atoms with E-state index in [9.17, 15) is 38.4 Å². The molecule has 0 saturated heterocycles. The van der Waals surface area contributed by atoms with Crippen molar-refractivity contribution in [2.75, 3.05) is 46.2 Å². The minimum atomic E-state index is -1.97. The van der Waals surface area contributed by atoms with Crippen molar-refractivity contribution in [2.45, 2.75) is 64.5 Å². The van der Waals surface area contributed by atoms with E-state index in [1.54, 1.807) is 0 Å². The minimum Gasteiger partial charge on any atom is -0.462 e. The van der Waals surface area contributed by atoms with Crippen LogP contribution in [0.5, 0.6) is 0 Å². The van der Waals surface area contributed by atoms with E-state index in [4.69, 9.17) is 33.2 Å². The van der Waals surface area contributed by atoms with Crippen molar-refractivity contribution in [2.24, 2.45) is 16.2 Å². The average molecular weight is 803 g/mol. The van der Waals surface area contributed by atoms with Gasteiger partial charge < -0.3 is 43.8 Å². The number of hydrogen-bond donors (Lipinski definition) is 2. The molecule has 0 aliphatic heterocycles. The molecule has 0 aromatic carbocycles.